The van der Waals surface area contributed by atoms with Crippen LogP contribution in [-0.4, -0.2) is 35.4 Å². The third-order valence-corrected chi connectivity index (χ3v) is 7.27. The van der Waals surface area contributed by atoms with Gasteiger partial charge in [0.15, 0.2) is 0 Å². The molecule has 1 amide bonds. The summed E-state index contributed by atoms with van der Waals surface area (Å²) >= 11 is 1.19. The van der Waals surface area contributed by atoms with Crippen molar-refractivity contribution >= 4 is 34.3 Å². The molecule has 5 rings (SSSR count). The molecule has 0 spiro atoms. The largest absolute Gasteiger partial charge is 0.497 e. The molecule has 0 radical (unpaired) electrons. The fraction of sp³-hybridized carbons (Fsp3) is 0.0909. The van der Waals surface area contributed by atoms with Gasteiger partial charge < -0.3 is 14.8 Å². The molecule has 8 nitrogen and oxygen atoms in total. The van der Waals surface area contributed by atoms with Crippen molar-refractivity contribution < 1.29 is 19.1 Å². The molecule has 9 heteroatoms. The summed E-state index contributed by atoms with van der Waals surface area (Å²) in [6.07, 6.45) is 3.26. The van der Waals surface area contributed by atoms with Crippen LogP contribution in [0.4, 0.5) is 5.00 Å². The van der Waals surface area contributed by atoms with Crippen LogP contribution in [0.2, 0.25) is 0 Å². The van der Waals surface area contributed by atoms with Crippen LogP contribution in [0.3, 0.4) is 0 Å². The summed E-state index contributed by atoms with van der Waals surface area (Å²) in [5, 5.41) is 19.6. The van der Waals surface area contributed by atoms with Crippen LogP contribution in [0, 0.1) is 11.3 Å². The summed E-state index contributed by atoms with van der Waals surface area (Å²) in [5.41, 5.74) is 4.30. The number of esters is 1. The lowest BCUT2D eigenvalue weighted by Gasteiger charge is -2.08. The molecule has 0 aliphatic heterocycles. The molecule has 0 aliphatic carbocycles. The summed E-state index contributed by atoms with van der Waals surface area (Å²) in [5.74, 6) is -0.516. The van der Waals surface area contributed by atoms with E-state index in [4.69, 9.17) is 14.6 Å². The predicted molar refractivity (Wildman–Crippen MR) is 163 cm³/mol. The minimum absolute atomic E-state index is 0.151. The zero-order valence-corrected chi connectivity index (χ0v) is 23.7. The van der Waals surface area contributed by atoms with Gasteiger partial charge in [-0.05, 0) is 55.0 Å². The number of hydrogen-bond donors (Lipinski definition) is 1. The molecule has 208 valence electrons. The van der Waals surface area contributed by atoms with Crippen LogP contribution in [0.5, 0.6) is 5.75 Å². The van der Waals surface area contributed by atoms with Crippen molar-refractivity contribution in [1.29, 1.82) is 5.26 Å². The molecule has 2 heterocycles. The molecule has 0 bridgehead atoms. The lowest BCUT2D eigenvalue weighted by molar-refractivity contribution is -0.112. The van der Waals surface area contributed by atoms with Gasteiger partial charge in [-0.1, -0.05) is 48.5 Å². The maximum absolute atomic E-state index is 13.4. The molecular weight excluding hydrogens is 548 g/mol. The Kier molecular flexibility index (Phi) is 8.56. The van der Waals surface area contributed by atoms with Crippen molar-refractivity contribution in [2.45, 2.75) is 6.92 Å². The highest BCUT2D eigenvalue weighted by Gasteiger charge is 2.24. The lowest BCUT2D eigenvalue weighted by atomic mass is 10.0. The Morgan fingerprint density at radius 3 is 2.33 bits per heavy atom. The van der Waals surface area contributed by atoms with Crippen LogP contribution in [0.15, 0.2) is 102 Å². The summed E-state index contributed by atoms with van der Waals surface area (Å²) in [6.45, 7) is 1.90. The van der Waals surface area contributed by atoms with E-state index in [0.29, 0.717) is 27.6 Å². The van der Waals surface area contributed by atoms with Crippen molar-refractivity contribution in [3.63, 3.8) is 0 Å². The van der Waals surface area contributed by atoms with E-state index in [0.717, 1.165) is 16.8 Å². The zero-order valence-electron chi connectivity index (χ0n) is 22.9. The second-order valence-electron chi connectivity index (χ2n) is 9.01. The monoisotopic (exact) mass is 574 g/mol. The number of hydrogen-bond acceptors (Lipinski definition) is 7. The maximum Gasteiger partial charge on any atom is 0.341 e. The maximum atomic E-state index is 13.4. The second kappa shape index (κ2) is 12.8. The standard InChI is InChI=1S/C33H26N4O4S/c1-3-41-33(39)29-28(22-10-6-4-7-11-22)21-42-32(29)35-31(38)24(19-34)18-25-20-37(26-12-8-5-9-13-26)36-30(25)23-14-16-27(40-2)17-15-23/h4-18,20-21H,3H2,1-2H3,(H,35,38). The topological polar surface area (TPSA) is 106 Å². The normalized spacial score (nSPS) is 11.0. The average molecular weight is 575 g/mol. The molecule has 0 unspecified atom stereocenters. The molecule has 0 saturated heterocycles. The lowest BCUT2D eigenvalue weighted by Crippen LogP contribution is -2.16. The number of benzene rings is 3. The van der Waals surface area contributed by atoms with E-state index in [1.165, 1.54) is 17.4 Å². The second-order valence-corrected chi connectivity index (χ2v) is 9.89. The minimum Gasteiger partial charge on any atom is -0.497 e. The first kappa shape index (κ1) is 28.1. The SMILES string of the molecule is CCOC(=O)c1c(-c2ccccc2)csc1NC(=O)C(C#N)=Cc1cn(-c2ccccc2)nc1-c1ccc(OC)cc1. The van der Waals surface area contributed by atoms with Crippen molar-refractivity contribution in [3.05, 3.63) is 113 Å². The highest BCUT2D eigenvalue weighted by molar-refractivity contribution is 7.15. The first-order chi connectivity index (χ1) is 20.5. The third kappa shape index (κ3) is 5.99. The Morgan fingerprint density at radius 1 is 1.00 bits per heavy atom. The summed E-state index contributed by atoms with van der Waals surface area (Å²) in [7, 11) is 1.59. The Balaban J connectivity index is 1.53. The summed E-state index contributed by atoms with van der Waals surface area (Å²) in [4.78, 5) is 26.4. The van der Waals surface area contributed by atoms with Crippen LogP contribution in [0.1, 0.15) is 22.8 Å². The number of nitrogens with one attached hydrogen (secondary N) is 1. The number of methoxy groups -OCH3 is 1. The highest BCUT2D eigenvalue weighted by atomic mass is 32.1. The van der Waals surface area contributed by atoms with E-state index in [-0.39, 0.29) is 17.7 Å². The Bertz CT molecular complexity index is 1780. The summed E-state index contributed by atoms with van der Waals surface area (Å²) in [6, 6.07) is 28.3. The van der Waals surface area contributed by atoms with Crippen LogP contribution in [-0.2, 0) is 9.53 Å². The number of nitriles is 1. The van der Waals surface area contributed by atoms with Gasteiger partial charge in [0.2, 0.25) is 0 Å². The zero-order chi connectivity index (χ0) is 29.5. The Hall–Kier alpha value is -5.46. The Morgan fingerprint density at radius 2 is 1.69 bits per heavy atom. The number of nitrogens with zero attached hydrogens (tertiary/aromatic N) is 3. The quantitative estimate of drug-likeness (QED) is 0.115. The summed E-state index contributed by atoms with van der Waals surface area (Å²) < 4.78 is 12.3. The number of rotatable bonds is 9. The van der Waals surface area contributed by atoms with Gasteiger partial charge in [0.05, 0.1) is 25.1 Å². The number of ether oxygens (including phenoxy) is 2. The molecule has 0 aliphatic rings. The fourth-order valence-corrected chi connectivity index (χ4v) is 5.29. The minimum atomic E-state index is -0.655. The first-order valence-corrected chi connectivity index (χ1v) is 14.0. The van der Waals surface area contributed by atoms with E-state index in [2.05, 4.69) is 5.32 Å². The molecule has 0 saturated carbocycles. The van der Waals surface area contributed by atoms with Gasteiger partial charge in [-0.15, -0.1) is 11.3 Å². The molecule has 5 aromatic rings. The molecule has 42 heavy (non-hydrogen) atoms. The van der Waals surface area contributed by atoms with Crippen molar-refractivity contribution in [3.8, 4) is 39.9 Å². The van der Waals surface area contributed by atoms with Crippen LogP contribution in [0.25, 0.3) is 34.1 Å². The van der Waals surface area contributed by atoms with Crippen molar-refractivity contribution in [2.24, 2.45) is 0 Å². The molecule has 0 atom stereocenters. The van der Waals surface area contributed by atoms with E-state index in [1.54, 1.807) is 30.3 Å². The van der Waals surface area contributed by atoms with Gasteiger partial charge in [-0.3, -0.25) is 4.79 Å². The van der Waals surface area contributed by atoms with Crippen LogP contribution < -0.4 is 10.1 Å². The smallest absolute Gasteiger partial charge is 0.341 e. The van der Waals surface area contributed by atoms with Gasteiger partial charge in [-0.25, -0.2) is 9.48 Å². The molecular formula is C33H26N4O4S. The van der Waals surface area contributed by atoms with Crippen molar-refractivity contribution in [2.75, 3.05) is 19.0 Å². The van der Waals surface area contributed by atoms with Gasteiger partial charge in [0.1, 0.15) is 28.0 Å². The molecule has 2 aromatic heterocycles. The first-order valence-electron chi connectivity index (χ1n) is 13.1. The fourth-order valence-electron chi connectivity index (χ4n) is 4.34. The number of carbonyl (C=O) groups excluding carboxylic acids is 2. The number of para-hydroxylation sites is 1. The highest BCUT2D eigenvalue weighted by Crippen LogP contribution is 2.36. The van der Waals surface area contributed by atoms with Crippen LogP contribution >= 0.6 is 11.3 Å². The van der Waals surface area contributed by atoms with Gasteiger partial charge in [0, 0.05) is 28.3 Å². The number of thiophene rings is 1. The van der Waals surface area contributed by atoms with E-state index >= 15 is 0 Å². The van der Waals surface area contributed by atoms with E-state index in [1.807, 2.05) is 91.0 Å². The Labute approximate surface area is 247 Å². The molecule has 3 aromatic carbocycles. The number of anilines is 1. The number of amides is 1. The molecule has 0 fully saturated rings. The third-order valence-electron chi connectivity index (χ3n) is 6.37. The van der Waals surface area contributed by atoms with Crippen molar-refractivity contribution in [1.82, 2.24) is 9.78 Å². The number of carbonyl (C=O) groups is 2. The van der Waals surface area contributed by atoms with Gasteiger partial charge in [0.25, 0.3) is 5.91 Å². The average Bonchev–Trinajstić information content (AvgIpc) is 3.65. The predicted octanol–water partition coefficient (Wildman–Crippen LogP) is 7.00. The van der Waals surface area contributed by atoms with Gasteiger partial charge in [-0.2, -0.15) is 10.4 Å². The van der Waals surface area contributed by atoms with E-state index in [9.17, 15) is 14.9 Å². The van der Waals surface area contributed by atoms with Gasteiger partial charge >= 0.3 is 5.97 Å². The molecule has 1 N–H and O–H groups in total. The number of aromatic nitrogens is 2. The van der Waals surface area contributed by atoms with E-state index < -0.39 is 11.9 Å².